The van der Waals surface area contributed by atoms with Gasteiger partial charge in [-0.05, 0) is 18.6 Å². The van der Waals surface area contributed by atoms with Crippen LogP contribution in [0.25, 0.3) is 0 Å². The number of rotatable bonds is 3. The maximum atomic E-state index is 12.2. The van der Waals surface area contributed by atoms with E-state index in [9.17, 15) is 13.2 Å². The number of aromatic nitrogens is 2. The molecule has 0 bridgehead atoms. The molecule has 2 atom stereocenters. The van der Waals surface area contributed by atoms with Gasteiger partial charge in [-0.3, -0.25) is 0 Å². The average Bonchev–Trinajstić information content (AvgIpc) is 2.17. The molecule has 0 fully saturated rings. The van der Waals surface area contributed by atoms with Crippen molar-refractivity contribution in [2.24, 2.45) is 0 Å². The lowest BCUT2D eigenvalue weighted by Crippen LogP contribution is -2.14. The fourth-order valence-electron chi connectivity index (χ4n) is 1.46. The molecule has 2 nitrogen and oxygen atoms in total. The zero-order chi connectivity index (χ0) is 12.3. The highest BCUT2D eigenvalue weighted by atomic mass is 79.9. The molecule has 0 radical (unpaired) electrons. The van der Waals surface area contributed by atoms with Gasteiger partial charge in [-0.25, -0.2) is 0 Å². The van der Waals surface area contributed by atoms with E-state index in [1.807, 2.05) is 13.8 Å². The molecule has 16 heavy (non-hydrogen) atoms. The van der Waals surface area contributed by atoms with Gasteiger partial charge in [0.05, 0.1) is 5.69 Å². The zero-order valence-corrected chi connectivity index (χ0v) is 10.5. The van der Waals surface area contributed by atoms with E-state index >= 15 is 0 Å². The largest absolute Gasteiger partial charge is 0.435 e. The van der Waals surface area contributed by atoms with E-state index in [1.165, 1.54) is 6.07 Å². The first-order chi connectivity index (χ1) is 7.36. The predicted molar refractivity (Wildman–Crippen MR) is 58.5 cm³/mol. The summed E-state index contributed by atoms with van der Waals surface area (Å²) < 4.78 is 36.7. The Morgan fingerprint density at radius 2 is 1.94 bits per heavy atom. The zero-order valence-electron chi connectivity index (χ0n) is 8.92. The van der Waals surface area contributed by atoms with E-state index in [4.69, 9.17) is 0 Å². The second kappa shape index (κ2) is 5.12. The molecule has 0 aromatic carbocycles. The van der Waals surface area contributed by atoms with Crippen LogP contribution in [0.5, 0.6) is 0 Å². The van der Waals surface area contributed by atoms with Crippen LogP contribution in [-0.4, -0.2) is 15.0 Å². The van der Waals surface area contributed by atoms with Crippen LogP contribution >= 0.6 is 15.9 Å². The Kier molecular flexibility index (Phi) is 4.29. The molecule has 1 aromatic rings. The van der Waals surface area contributed by atoms with E-state index in [0.29, 0.717) is 5.69 Å². The summed E-state index contributed by atoms with van der Waals surface area (Å²) in [6, 6.07) is 2.36. The van der Waals surface area contributed by atoms with Gasteiger partial charge < -0.3 is 0 Å². The van der Waals surface area contributed by atoms with Gasteiger partial charge in [0, 0.05) is 10.7 Å². The Hall–Kier alpha value is -0.650. The van der Waals surface area contributed by atoms with Gasteiger partial charge in [0.2, 0.25) is 0 Å². The van der Waals surface area contributed by atoms with Crippen molar-refractivity contribution in [3.05, 3.63) is 23.5 Å². The molecule has 0 amide bonds. The van der Waals surface area contributed by atoms with Crippen molar-refractivity contribution in [1.82, 2.24) is 10.2 Å². The standard InChI is InChI=1S/C10H12BrF3N2/c1-3-7(6(2)11)8-4-5-9(16-15-8)10(12,13)14/h4-7H,3H2,1-2H3. The predicted octanol–water partition coefficient (Wildman–Crippen LogP) is 3.77. The van der Waals surface area contributed by atoms with Gasteiger partial charge in [-0.15, -0.1) is 5.10 Å². The van der Waals surface area contributed by atoms with Gasteiger partial charge in [-0.2, -0.15) is 18.3 Å². The van der Waals surface area contributed by atoms with E-state index in [1.54, 1.807) is 0 Å². The minimum atomic E-state index is -4.42. The van der Waals surface area contributed by atoms with Crippen molar-refractivity contribution in [3.8, 4) is 0 Å². The lowest BCUT2D eigenvalue weighted by atomic mass is 9.99. The third-order valence-corrected chi connectivity index (χ3v) is 2.99. The van der Waals surface area contributed by atoms with E-state index in [-0.39, 0.29) is 10.7 Å². The molecule has 90 valence electrons. The SMILES string of the molecule is CCC(c1ccc(C(F)(F)F)nn1)C(C)Br. The van der Waals surface area contributed by atoms with Crippen molar-refractivity contribution in [3.63, 3.8) is 0 Å². The Balaban J connectivity index is 2.94. The van der Waals surface area contributed by atoms with Crippen molar-refractivity contribution in [2.45, 2.75) is 37.2 Å². The molecule has 1 aromatic heterocycles. The van der Waals surface area contributed by atoms with Crippen LogP contribution in [0.15, 0.2) is 12.1 Å². The van der Waals surface area contributed by atoms with Gasteiger partial charge in [0.25, 0.3) is 0 Å². The lowest BCUT2D eigenvalue weighted by Gasteiger charge is -2.16. The summed E-state index contributed by atoms with van der Waals surface area (Å²) in [5, 5.41) is 6.84. The number of hydrogen-bond acceptors (Lipinski definition) is 2. The number of halogens is 4. The number of alkyl halides is 4. The number of nitrogens with zero attached hydrogens (tertiary/aromatic N) is 2. The summed E-state index contributed by atoms with van der Waals surface area (Å²) in [7, 11) is 0. The van der Waals surface area contributed by atoms with E-state index < -0.39 is 11.9 Å². The first-order valence-electron chi connectivity index (χ1n) is 4.91. The van der Waals surface area contributed by atoms with Crippen LogP contribution in [-0.2, 0) is 6.18 Å². The van der Waals surface area contributed by atoms with E-state index in [2.05, 4.69) is 26.1 Å². The second-order valence-electron chi connectivity index (χ2n) is 3.53. The highest BCUT2D eigenvalue weighted by molar-refractivity contribution is 9.09. The Morgan fingerprint density at radius 1 is 1.31 bits per heavy atom. The summed E-state index contributed by atoms with van der Waals surface area (Å²) in [6.45, 7) is 3.90. The smallest absolute Gasteiger partial charge is 0.164 e. The summed E-state index contributed by atoms with van der Waals surface area (Å²) in [6.07, 6.45) is -3.63. The van der Waals surface area contributed by atoms with Crippen LogP contribution < -0.4 is 0 Å². The van der Waals surface area contributed by atoms with Gasteiger partial charge >= 0.3 is 6.18 Å². The van der Waals surface area contributed by atoms with Crippen LogP contribution in [0, 0.1) is 0 Å². The van der Waals surface area contributed by atoms with Crippen molar-refractivity contribution >= 4 is 15.9 Å². The Morgan fingerprint density at radius 3 is 2.25 bits per heavy atom. The fourth-order valence-corrected chi connectivity index (χ4v) is 2.11. The maximum Gasteiger partial charge on any atom is 0.435 e. The minimum absolute atomic E-state index is 0.0785. The van der Waals surface area contributed by atoms with Crippen molar-refractivity contribution in [1.29, 1.82) is 0 Å². The topological polar surface area (TPSA) is 25.8 Å². The molecule has 0 spiro atoms. The third kappa shape index (κ3) is 3.17. The maximum absolute atomic E-state index is 12.2. The minimum Gasteiger partial charge on any atom is -0.164 e. The molecule has 0 aliphatic carbocycles. The lowest BCUT2D eigenvalue weighted by molar-refractivity contribution is -0.141. The molecular weight excluding hydrogens is 285 g/mol. The Bertz CT molecular complexity index is 335. The van der Waals surface area contributed by atoms with Gasteiger partial charge in [0.15, 0.2) is 5.69 Å². The second-order valence-corrected chi connectivity index (χ2v) is 4.98. The first-order valence-corrected chi connectivity index (χ1v) is 5.82. The summed E-state index contributed by atoms with van der Waals surface area (Å²) in [5.41, 5.74) is -0.367. The van der Waals surface area contributed by atoms with Crippen molar-refractivity contribution in [2.75, 3.05) is 0 Å². The summed E-state index contributed by atoms with van der Waals surface area (Å²) >= 11 is 3.41. The average molecular weight is 297 g/mol. The molecule has 2 unspecified atom stereocenters. The molecule has 6 heteroatoms. The molecule has 0 N–H and O–H groups in total. The van der Waals surface area contributed by atoms with Crippen LogP contribution in [0.4, 0.5) is 13.2 Å². The Labute approximate surface area is 100 Å². The summed E-state index contributed by atoms with van der Waals surface area (Å²) in [4.78, 5) is 0.156. The monoisotopic (exact) mass is 296 g/mol. The molecule has 1 rings (SSSR count). The molecule has 0 aliphatic heterocycles. The highest BCUT2D eigenvalue weighted by Gasteiger charge is 2.33. The van der Waals surface area contributed by atoms with Crippen LogP contribution in [0.3, 0.4) is 0 Å². The van der Waals surface area contributed by atoms with Crippen LogP contribution in [0.1, 0.15) is 37.6 Å². The first kappa shape index (κ1) is 13.4. The van der Waals surface area contributed by atoms with E-state index in [0.717, 1.165) is 12.5 Å². The van der Waals surface area contributed by atoms with Crippen LogP contribution in [0.2, 0.25) is 0 Å². The van der Waals surface area contributed by atoms with Gasteiger partial charge in [0.1, 0.15) is 0 Å². The summed E-state index contributed by atoms with van der Waals surface area (Å²) in [5.74, 6) is 0.0785. The molecule has 1 heterocycles. The fraction of sp³-hybridized carbons (Fsp3) is 0.600. The number of hydrogen-bond donors (Lipinski definition) is 0. The van der Waals surface area contributed by atoms with Gasteiger partial charge in [-0.1, -0.05) is 29.8 Å². The molecule has 0 aliphatic rings. The normalized spacial score (nSPS) is 15.9. The third-order valence-electron chi connectivity index (χ3n) is 2.35. The molecular formula is C10H12BrF3N2. The quantitative estimate of drug-likeness (QED) is 0.794. The highest BCUT2D eigenvalue weighted by Crippen LogP contribution is 2.29. The molecule has 0 saturated carbocycles. The van der Waals surface area contributed by atoms with Crippen molar-refractivity contribution < 1.29 is 13.2 Å². The molecule has 0 saturated heterocycles.